The van der Waals surface area contributed by atoms with E-state index in [1.807, 2.05) is 13.0 Å². The highest BCUT2D eigenvalue weighted by molar-refractivity contribution is 6.33. The lowest BCUT2D eigenvalue weighted by atomic mass is 9.95. The molecule has 0 saturated heterocycles. The second-order valence-corrected chi connectivity index (χ2v) is 4.35. The Balaban J connectivity index is 0.00000289. The summed E-state index contributed by atoms with van der Waals surface area (Å²) in [7, 11) is 0. The molecule has 1 unspecified atom stereocenters. The van der Waals surface area contributed by atoms with Crippen molar-refractivity contribution in [1.82, 2.24) is 0 Å². The van der Waals surface area contributed by atoms with Crippen molar-refractivity contribution in [2.45, 2.75) is 19.8 Å². The predicted octanol–water partition coefficient (Wildman–Crippen LogP) is 2.10. The fourth-order valence-corrected chi connectivity index (χ4v) is 1.86. The SMILES string of the molecule is CCC(Cc1ccc(Cl)c(C(=N)N)c1)C(N)=O.Cl. The van der Waals surface area contributed by atoms with Crippen LogP contribution >= 0.6 is 24.0 Å². The van der Waals surface area contributed by atoms with Gasteiger partial charge < -0.3 is 11.5 Å². The zero-order chi connectivity index (χ0) is 13.0. The topological polar surface area (TPSA) is 93.0 Å². The molecule has 1 aromatic rings. The van der Waals surface area contributed by atoms with Gasteiger partial charge in [-0.2, -0.15) is 0 Å². The highest BCUT2D eigenvalue weighted by Crippen LogP contribution is 2.20. The summed E-state index contributed by atoms with van der Waals surface area (Å²) in [4.78, 5) is 11.1. The first kappa shape index (κ1) is 16.7. The van der Waals surface area contributed by atoms with Crippen molar-refractivity contribution in [1.29, 1.82) is 5.41 Å². The number of carbonyl (C=O) groups is 1. The van der Waals surface area contributed by atoms with Crippen LogP contribution in [0.5, 0.6) is 0 Å². The molecule has 0 heterocycles. The van der Waals surface area contributed by atoms with Crippen LogP contribution in [-0.4, -0.2) is 11.7 Å². The molecule has 0 bridgehead atoms. The van der Waals surface area contributed by atoms with Crippen molar-refractivity contribution in [3.63, 3.8) is 0 Å². The van der Waals surface area contributed by atoms with E-state index in [1.54, 1.807) is 12.1 Å². The molecular weight excluding hydrogens is 273 g/mol. The molecule has 100 valence electrons. The molecule has 18 heavy (non-hydrogen) atoms. The van der Waals surface area contributed by atoms with Gasteiger partial charge in [0.15, 0.2) is 0 Å². The van der Waals surface area contributed by atoms with E-state index in [0.29, 0.717) is 23.4 Å². The van der Waals surface area contributed by atoms with Crippen LogP contribution in [0, 0.1) is 11.3 Å². The van der Waals surface area contributed by atoms with Gasteiger partial charge in [-0.3, -0.25) is 10.2 Å². The van der Waals surface area contributed by atoms with Crippen molar-refractivity contribution < 1.29 is 4.79 Å². The van der Waals surface area contributed by atoms with Crippen molar-refractivity contribution in [3.8, 4) is 0 Å². The van der Waals surface area contributed by atoms with Gasteiger partial charge >= 0.3 is 0 Å². The van der Waals surface area contributed by atoms with E-state index < -0.39 is 0 Å². The van der Waals surface area contributed by atoms with Gasteiger partial charge in [0.1, 0.15) is 5.84 Å². The smallest absolute Gasteiger partial charge is 0.220 e. The maximum atomic E-state index is 11.1. The molecule has 5 N–H and O–H groups in total. The fourth-order valence-electron chi connectivity index (χ4n) is 1.64. The number of hydrogen-bond donors (Lipinski definition) is 3. The number of amidine groups is 1. The molecule has 0 spiro atoms. The Hall–Kier alpha value is -1.26. The summed E-state index contributed by atoms with van der Waals surface area (Å²) in [5.74, 6) is -0.591. The summed E-state index contributed by atoms with van der Waals surface area (Å²) in [5.41, 5.74) is 12.1. The van der Waals surface area contributed by atoms with Crippen molar-refractivity contribution in [2.24, 2.45) is 17.4 Å². The third kappa shape index (κ3) is 4.20. The normalized spacial score (nSPS) is 11.4. The molecule has 1 aromatic carbocycles. The summed E-state index contributed by atoms with van der Waals surface area (Å²) < 4.78 is 0. The molecule has 0 aliphatic heterocycles. The summed E-state index contributed by atoms with van der Waals surface area (Å²) >= 11 is 5.91. The van der Waals surface area contributed by atoms with Crippen LogP contribution in [0.4, 0.5) is 0 Å². The highest BCUT2D eigenvalue weighted by atomic mass is 35.5. The molecule has 1 rings (SSSR count). The standard InChI is InChI=1S/C12H16ClN3O.ClH/c1-2-8(12(16)17)5-7-3-4-10(13)9(6-7)11(14)15;/h3-4,6,8H,2,5H2,1H3,(H3,14,15)(H2,16,17);1H. The summed E-state index contributed by atoms with van der Waals surface area (Å²) in [6.07, 6.45) is 1.23. The van der Waals surface area contributed by atoms with Crippen LogP contribution in [0.3, 0.4) is 0 Å². The van der Waals surface area contributed by atoms with Gasteiger partial charge in [0.2, 0.25) is 5.91 Å². The number of benzene rings is 1. The lowest BCUT2D eigenvalue weighted by Gasteiger charge is -2.12. The number of hydrogen-bond acceptors (Lipinski definition) is 2. The number of primary amides is 1. The average molecular weight is 290 g/mol. The Kier molecular flexibility index (Phi) is 6.73. The molecule has 0 saturated carbocycles. The van der Waals surface area contributed by atoms with Crippen LogP contribution in [0.1, 0.15) is 24.5 Å². The van der Waals surface area contributed by atoms with Crippen molar-refractivity contribution in [2.75, 3.05) is 0 Å². The summed E-state index contributed by atoms with van der Waals surface area (Å²) in [6.45, 7) is 1.91. The Morgan fingerprint density at radius 3 is 2.50 bits per heavy atom. The maximum Gasteiger partial charge on any atom is 0.220 e. The predicted molar refractivity (Wildman–Crippen MR) is 76.4 cm³/mol. The lowest BCUT2D eigenvalue weighted by Crippen LogP contribution is -2.24. The third-order valence-electron chi connectivity index (χ3n) is 2.70. The number of nitrogens with one attached hydrogen (secondary N) is 1. The number of carbonyl (C=O) groups excluding carboxylic acids is 1. The first-order valence-corrected chi connectivity index (χ1v) is 5.75. The average Bonchev–Trinajstić information content (AvgIpc) is 2.27. The van der Waals surface area contributed by atoms with Gasteiger partial charge in [-0.05, 0) is 30.5 Å². The van der Waals surface area contributed by atoms with E-state index in [-0.39, 0.29) is 30.1 Å². The van der Waals surface area contributed by atoms with Crippen LogP contribution in [0.25, 0.3) is 0 Å². The number of halogens is 2. The molecule has 1 atom stereocenters. The molecule has 1 amide bonds. The quantitative estimate of drug-likeness (QED) is 0.572. The minimum absolute atomic E-state index is 0. The Labute approximate surface area is 118 Å². The van der Waals surface area contributed by atoms with Gasteiger partial charge in [-0.15, -0.1) is 12.4 Å². The summed E-state index contributed by atoms with van der Waals surface area (Å²) in [5, 5.41) is 7.82. The van der Waals surface area contributed by atoms with E-state index in [4.69, 9.17) is 28.5 Å². The molecule has 0 radical (unpaired) electrons. The van der Waals surface area contributed by atoms with Gasteiger partial charge in [0, 0.05) is 11.5 Å². The second kappa shape index (κ2) is 7.24. The molecule has 0 aliphatic rings. The number of nitrogens with two attached hydrogens (primary N) is 2. The lowest BCUT2D eigenvalue weighted by molar-refractivity contribution is -0.121. The van der Waals surface area contributed by atoms with Gasteiger partial charge in [-0.1, -0.05) is 24.6 Å². The van der Waals surface area contributed by atoms with E-state index in [9.17, 15) is 4.79 Å². The number of nitrogen functional groups attached to an aromatic ring is 1. The van der Waals surface area contributed by atoms with E-state index in [0.717, 1.165) is 5.56 Å². The zero-order valence-electron chi connectivity index (χ0n) is 10.1. The molecule has 4 nitrogen and oxygen atoms in total. The molecule has 6 heteroatoms. The van der Waals surface area contributed by atoms with Gasteiger partial charge in [0.05, 0.1) is 5.02 Å². The Bertz CT molecular complexity index is 449. The Morgan fingerprint density at radius 2 is 2.06 bits per heavy atom. The van der Waals surface area contributed by atoms with Gasteiger partial charge in [-0.25, -0.2) is 0 Å². The van der Waals surface area contributed by atoms with E-state index in [1.165, 1.54) is 0 Å². The number of amides is 1. The molecule has 0 aliphatic carbocycles. The fraction of sp³-hybridized carbons (Fsp3) is 0.333. The second-order valence-electron chi connectivity index (χ2n) is 3.94. The zero-order valence-corrected chi connectivity index (χ0v) is 11.6. The van der Waals surface area contributed by atoms with Crippen LogP contribution in [0.2, 0.25) is 5.02 Å². The molecule has 0 aromatic heterocycles. The van der Waals surface area contributed by atoms with E-state index >= 15 is 0 Å². The minimum Gasteiger partial charge on any atom is -0.384 e. The molecular formula is C12H17Cl2N3O. The minimum atomic E-state index is -0.313. The Morgan fingerprint density at radius 1 is 1.44 bits per heavy atom. The van der Waals surface area contributed by atoms with Crippen LogP contribution in [0.15, 0.2) is 18.2 Å². The third-order valence-corrected chi connectivity index (χ3v) is 3.03. The molecule has 0 fully saturated rings. The first-order chi connectivity index (χ1) is 7.95. The maximum absolute atomic E-state index is 11.1. The largest absolute Gasteiger partial charge is 0.384 e. The van der Waals surface area contributed by atoms with Crippen molar-refractivity contribution >= 4 is 35.8 Å². The monoisotopic (exact) mass is 289 g/mol. The highest BCUT2D eigenvalue weighted by Gasteiger charge is 2.14. The van der Waals surface area contributed by atoms with E-state index in [2.05, 4.69) is 0 Å². The summed E-state index contributed by atoms with van der Waals surface area (Å²) in [6, 6.07) is 5.23. The van der Waals surface area contributed by atoms with Crippen molar-refractivity contribution in [3.05, 3.63) is 34.3 Å². The number of rotatable bonds is 5. The first-order valence-electron chi connectivity index (χ1n) is 5.37. The van der Waals surface area contributed by atoms with Crippen LogP contribution < -0.4 is 11.5 Å². The van der Waals surface area contributed by atoms with Gasteiger partial charge in [0.25, 0.3) is 0 Å². The van der Waals surface area contributed by atoms with Crippen LogP contribution in [-0.2, 0) is 11.2 Å².